The van der Waals surface area contributed by atoms with Crippen LogP contribution in [0.25, 0.3) is 0 Å². The second-order valence-electron chi connectivity index (χ2n) is 9.10. The van der Waals surface area contributed by atoms with Crippen molar-refractivity contribution in [3.63, 3.8) is 0 Å². The summed E-state index contributed by atoms with van der Waals surface area (Å²) >= 11 is 0. The lowest BCUT2D eigenvalue weighted by Gasteiger charge is -2.43. The molecule has 2 unspecified atom stereocenters. The van der Waals surface area contributed by atoms with Gasteiger partial charge in [-0.25, -0.2) is 0 Å². The van der Waals surface area contributed by atoms with Gasteiger partial charge >= 0.3 is 0 Å². The highest BCUT2D eigenvalue weighted by atomic mass is 31.2. The molecule has 3 aromatic carbocycles. The average Bonchev–Trinajstić information content (AvgIpc) is 2.78. The van der Waals surface area contributed by atoms with Crippen molar-refractivity contribution >= 4 is 23.4 Å². The van der Waals surface area contributed by atoms with Crippen LogP contribution in [0.2, 0.25) is 0 Å². The summed E-state index contributed by atoms with van der Waals surface area (Å²) < 4.78 is 20.4. The van der Waals surface area contributed by atoms with Crippen molar-refractivity contribution in [2.75, 3.05) is 12.4 Å². The number of fused-ring (bicyclic) bond motifs is 1. The Hall–Kier alpha value is -2.51. The predicted octanol–water partition coefficient (Wildman–Crippen LogP) is 5.98. The van der Waals surface area contributed by atoms with Crippen LogP contribution in [0.5, 0.6) is 5.75 Å². The maximum Gasteiger partial charge on any atom is 0.164 e. The number of rotatable bonds is 4. The monoisotopic (exact) mass is 419 g/mol. The maximum absolute atomic E-state index is 14.9. The first-order valence-corrected chi connectivity index (χ1v) is 12.3. The largest absolute Gasteiger partial charge is 0.497 e. The van der Waals surface area contributed by atoms with Crippen molar-refractivity contribution < 1.29 is 9.30 Å². The van der Waals surface area contributed by atoms with Crippen LogP contribution in [0, 0.1) is 5.41 Å². The van der Waals surface area contributed by atoms with E-state index in [1.54, 1.807) is 7.11 Å². The SMILES string of the molecule is COc1ccc2c(c1)C(C(C)(C)C)CC(P(=O)(c1ccccc1)c1ccccc1)N2. The molecule has 2 atom stereocenters. The molecule has 0 fully saturated rings. The molecule has 1 heterocycles. The minimum absolute atomic E-state index is 0.0275. The van der Waals surface area contributed by atoms with Gasteiger partial charge in [-0.1, -0.05) is 81.4 Å². The highest BCUT2D eigenvalue weighted by molar-refractivity contribution is 7.79. The molecule has 0 aromatic heterocycles. The smallest absolute Gasteiger partial charge is 0.164 e. The number of ether oxygens (including phenoxy) is 1. The van der Waals surface area contributed by atoms with Crippen LogP contribution in [0.1, 0.15) is 38.7 Å². The zero-order valence-corrected chi connectivity index (χ0v) is 19.0. The normalized spacial score (nSPS) is 18.9. The van der Waals surface area contributed by atoms with Gasteiger partial charge in [0, 0.05) is 16.3 Å². The Morgan fingerprint density at radius 3 is 1.97 bits per heavy atom. The zero-order valence-electron chi connectivity index (χ0n) is 18.1. The molecule has 4 heteroatoms. The number of benzene rings is 3. The molecule has 0 saturated heterocycles. The second kappa shape index (κ2) is 7.96. The Labute approximate surface area is 179 Å². The number of anilines is 1. The fraction of sp³-hybridized carbons (Fsp3) is 0.308. The predicted molar refractivity (Wildman–Crippen MR) is 127 cm³/mol. The third kappa shape index (κ3) is 3.68. The first-order valence-electron chi connectivity index (χ1n) is 10.5. The molecule has 0 radical (unpaired) electrons. The summed E-state index contributed by atoms with van der Waals surface area (Å²) in [4.78, 5) is 0. The molecule has 0 bridgehead atoms. The van der Waals surface area contributed by atoms with Gasteiger partial charge in [-0.05, 0) is 41.5 Å². The Bertz CT molecular complexity index is 1010. The van der Waals surface area contributed by atoms with Gasteiger partial charge in [0.15, 0.2) is 7.14 Å². The van der Waals surface area contributed by atoms with Gasteiger partial charge in [0.05, 0.1) is 12.9 Å². The van der Waals surface area contributed by atoms with Crippen molar-refractivity contribution in [3.8, 4) is 5.75 Å². The van der Waals surface area contributed by atoms with E-state index in [2.05, 4.69) is 38.2 Å². The fourth-order valence-electron chi connectivity index (χ4n) is 4.54. The molecule has 0 amide bonds. The summed E-state index contributed by atoms with van der Waals surface area (Å²) in [5, 5.41) is 5.47. The van der Waals surface area contributed by atoms with E-state index in [9.17, 15) is 4.57 Å². The second-order valence-corrected chi connectivity index (χ2v) is 12.1. The number of hydrogen-bond donors (Lipinski definition) is 1. The molecule has 0 spiro atoms. The van der Waals surface area contributed by atoms with Gasteiger partial charge in [0.2, 0.25) is 0 Å². The van der Waals surface area contributed by atoms with E-state index >= 15 is 0 Å². The molecule has 156 valence electrons. The van der Waals surface area contributed by atoms with Gasteiger partial charge in [-0.15, -0.1) is 0 Å². The number of nitrogens with one attached hydrogen (secondary N) is 1. The molecule has 3 aromatic rings. The maximum atomic E-state index is 14.9. The van der Waals surface area contributed by atoms with Crippen molar-refractivity contribution in [1.29, 1.82) is 0 Å². The Morgan fingerprint density at radius 1 is 0.900 bits per heavy atom. The van der Waals surface area contributed by atoms with Gasteiger partial charge in [0.1, 0.15) is 5.75 Å². The van der Waals surface area contributed by atoms with Crippen molar-refractivity contribution in [3.05, 3.63) is 84.4 Å². The number of methoxy groups -OCH3 is 1. The molecule has 1 aliphatic heterocycles. The summed E-state index contributed by atoms with van der Waals surface area (Å²) in [5.74, 6) is 0.944. The molecule has 4 rings (SSSR count). The van der Waals surface area contributed by atoms with Crippen molar-refractivity contribution in [1.82, 2.24) is 0 Å². The first-order chi connectivity index (χ1) is 14.3. The minimum Gasteiger partial charge on any atom is -0.497 e. The first kappa shape index (κ1) is 20.8. The summed E-state index contributed by atoms with van der Waals surface area (Å²) in [6.07, 6.45) is 0.796. The lowest BCUT2D eigenvalue weighted by molar-refractivity contribution is 0.298. The highest BCUT2D eigenvalue weighted by Gasteiger charge is 2.44. The standard InChI is InChI=1S/C26H30NO2P/c1-26(2,3)23-18-25(27-24-16-15-19(29-4)17-22(23)24)30(28,20-11-7-5-8-12-20)21-13-9-6-10-14-21/h5-17,23,25,27H,18H2,1-4H3. The van der Waals surface area contributed by atoms with E-state index < -0.39 is 7.14 Å². The van der Waals surface area contributed by atoms with Crippen LogP contribution in [0.4, 0.5) is 5.69 Å². The van der Waals surface area contributed by atoms with Crippen LogP contribution in [0.3, 0.4) is 0 Å². The average molecular weight is 420 g/mol. The summed E-state index contributed by atoms with van der Waals surface area (Å²) in [6.45, 7) is 6.79. The lowest BCUT2D eigenvalue weighted by Crippen LogP contribution is -2.38. The van der Waals surface area contributed by atoms with Crippen LogP contribution >= 0.6 is 7.14 Å². The third-order valence-electron chi connectivity index (χ3n) is 6.18. The molecule has 30 heavy (non-hydrogen) atoms. The van der Waals surface area contributed by atoms with E-state index in [0.29, 0.717) is 0 Å². The van der Waals surface area contributed by atoms with Gasteiger partial charge < -0.3 is 14.6 Å². The van der Waals surface area contributed by atoms with Crippen LogP contribution in [-0.2, 0) is 4.57 Å². The van der Waals surface area contributed by atoms with Crippen LogP contribution < -0.4 is 20.7 Å². The molecular formula is C26H30NO2P. The molecule has 1 N–H and O–H groups in total. The van der Waals surface area contributed by atoms with E-state index in [1.165, 1.54) is 5.56 Å². The van der Waals surface area contributed by atoms with E-state index in [0.717, 1.165) is 28.5 Å². The van der Waals surface area contributed by atoms with Gasteiger partial charge in [-0.2, -0.15) is 0 Å². The number of hydrogen-bond acceptors (Lipinski definition) is 3. The molecule has 0 saturated carbocycles. The lowest BCUT2D eigenvalue weighted by atomic mass is 9.72. The Kier molecular flexibility index (Phi) is 5.51. The van der Waals surface area contributed by atoms with E-state index in [1.807, 2.05) is 66.7 Å². The molecule has 0 aliphatic carbocycles. The fourth-order valence-corrected chi connectivity index (χ4v) is 7.62. The highest BCUT2D eigenvalue weighted by Crippen LogP contribution is 2.57. The third-order valence-corrected chi connectivity index (χ3v) is 9.53. The Morgan fingerprint density at radius 2 is 1.47 bits per heavy atom. The van der Waals surface area contributed by atoms with Gasteiger partial charge in [0.25, 0.3) is 0 Å². The Balaban J connectivity index is 1.87. The van der Waals surface area contributed by atoms with Gasteiger partial charge in [-0.3, -0.25) is 0 Å². The minimum atomic E-state index is -2.92. The van der Waals surface area contributed by atoms with Crippen molar-refractivity contribution in [2.24, 2.45) is 5.41 Å². The molecule has 3 nitrogen and oxygen atoms in total. The summed E-state index contributed by atoms with van der Waals surface area (Å²) in [7, 11) is -1.22. The quantitative estimate of drug-likeness (QED) is 0.529. The van der Waals surface area contributed by atoms with E-state index in [4.69, 9.17) is 4.74 Å². The van der Waals surface area contributed by atoms with Crippen LogP contribution in [0.15, 0.2) is 78.9 Å². The zero-order chi connectivity index (χ0) is 21.4. The topological polar surface area (TPSA) is 38.3 Å². The van der Waals surface area contributed by atoms with E-state index in [-0.39, 0.29) is 17.1 Å². The molecule has 1 aliphatic rings. The summed E-state index contributed by atoms with van der Waals surface area (Å²) in [5.41, 5.74) is 2.32. The van der Waals surface area contributed by atoms with Crippen LogP contribution in [-0.4, -0.2) is 12.9 Å². The van der Waals surface area contributed by atoms with Crippen molar-refractivity contribution in [2.45, 2.75) is 38.9 Å². The summed E-state index contributed by atoms with van der Waals surface area (Å²) in [6, 6.07) is 26.1. The molecular weight excluding hydrogens is 389 g/mol.